The molecule has 0 unspecified atom stereocenters. The maximum Gasteiger partial charge on any atom is 0.275 e. The molecule has 0 aliphatic carbocycles. The Morgan fingerprint density at radius 3 is 2.75 bits per heavy atom. The van der Waals surface area contributed by atoms with Gasteiger partial charge in [-0.05, 0) is 42.3 Å². The molecule has 0 aromatic heterocycles. The molecule has 6 nitrogen and oxygen atoms in total. The van der Waals surface area contributed by atoms with Gasteiger partial charge < -0.3 is 14.6 Å². The molecule has 2 aromatic rings. The summed E-state index contributed by atoms with van der Waals surface area (Å²) in [6, 6.07) is 11.8. The van der Waals surface area contributed by atoms with Crippen LogP contribution >= 0.6 is 0 Å². The number of amides is 1. The standard InChI is InChI=1S/C18H20N2O4/c1-3-10-24-16-7-5-4-6-14(16)18(22)20-19-12-13-8-9-17(23-2)15(21)11-13/h4-9,11-12,21H,3,10H2,1-2H3,(H,20,22)/b19-12+. The Bertz CT molecular complexity index is 729. The maximum atomic E-state index is 12.2. The van der Waals surface area contributed by atoms with E-state index in [1.807, 2.05) is 13.0 Å². The molecule has 126 valence electrons. The second kappa shape index (κ2) is 8.57. The molecule has 0 saturated carbocycles. The molecule has 0 radical (unpaired) electrons. The first-order valence-corrected chi connectivity index (χ1v) is 7.58. The van der Waals surface area contributed by atoms with E-state index in [0.29, 0.717) is 29.2 Å². The van der Waals surface area contributed by atoms with Crippen molar-refractivity contribution in [2.75, 3.05) is 13.7 Å². The Morgan fingerprint density at radius 1 is 1.25 bits per heavy atom. The van der Waals surface area contributed by atoms with Crippen LogP contribution in [0.2, 0.25) is 0 Å². The minimum atomic E-state index is -0.365. The second-order valence-corrected chi connectivity index (χ2v) is 4.98. The van der Waals surface area contributed by atoms with Gasteiger partial charge in [-0.25, -0.2) is 5.43 Å². The van der Waals surface area contributed by atoms with Crippen LogP contribution in [0.4, 0.5) is 0 Å². The molecule has 0 heterocycles. The van der Waals surface area contributed by atoms with Crippen LogP contribution in [0.15, 0.2) is 47.6 Å². The largest absolute Gasteiger partial charge is 0.504 e. The summed E-state index contributed by atoms with van der Waals surface area (Å²) in [5, 5.41) is 13.6. The predicted molar refractivity (Wildman–Crippen MR) is 91.9 cm³/mol. The number of rotatable bonds is 7. The monoisotopic (exact) mass is 328 g/mol. The maximum absolute atomic E-state index is 12.2. The van der Waals surface area contributed by atoms with Crippen LogP contribution in [-0.2, 0) is 0 Å². The Labute approximate surface area is 140 Å². The zero-order chi connectivity index (χ0) is 17.4. The molecular weight excluding hydrogens is 308 g/mol. The van der Waals surface area contributed by atoms with E-state index in [2.05, 4.69) is 10.5 Å². The predicted octanol–water partition coefficient (Wildman–Crippen LogP) is 2.95. The number of hydrogen-bond acceptors (Lipinski definition) is 5. The Balaban J connectivity index is 2.04. The highest BCUT2D eigenvalue weighted by atomic mass is 16.5. The van der Waals surface area contributed by atoms with Gasteiger partial charge in [-0.15, -0.1) is 0 Å². The highest BCUT2D eigenvalue weighted by Gasteiger charge is 2.11. The van der Waals surface area contributed by atoms with Crippen molar-refractivity contribution in [3.8, 4) is 17.2 Å². The van der Waals surface area contributed by atoms with E-state index >= 15 is 0 Å². The average Bonchev–Trinajstić information content (AvgIpc) is 2.60. The number of phenols is 1. The van der Waals surface area contributed by atoms with Gasteiger partial charge >= 0.3 is 0 Å². The fourth-order valence-corrected chi connectivity index (χ4v) is 2.01. The summed E-state index contributed by atoms with van der Waals surface area (Å²) in [5.74, 6) is 0.536. The summed E-state index contributed by atoms with van der Waals surface area (Å²) < 4.78 is 10.5. The van der Waals surface area contributed by atoms with E-state index in [1.165, 1.54) is 19.4 Å². The van der Waals surface area contributed by atoms with Crippen LogP contribution in [0.5, 0.6) is 17.2 Å². The van der Waals surface area contributed by atoms with Crippen molar-refractivity contribution in [3.63, 3.8) is 0 Å². The highest BCUT2D eigenvalue weighted by Crippen LogP contribution is 2.25. The summed E-state index contributed by atoms with van der Waals surface area (Å²) in [6.45, 7) is 2.54. The number of methoxy groups -OCH3 is 1. The van der Waals surface area contributed by atoms with Crippen LogP contribution < -0.4 is 14.9 Å². The summed E-state index contributed by atoms with van der Waals surface area (Å²) in [6.07, 6.45) is 2.29. The van der Waals surface area contributed by atoms with Crippen molar-refractivity contribution in [2.24, 2.45) is 5.10 Å². The number of aromatic hydroxyl groups is 1. The van der Waals surface area contributed by atoms with E-state index in [0.717, 1.165) is 6.42 Å². The number of phenolic OH excluding ortho intramolecular Hbond substituents is 1. The van der Waals surface area contributed by atoms with E-state index < -0.39 is 0 Å². The molecule has 0 aliphatic heterocycles. The molecule has 0 atom stereocenters. The third-order valence-electron chi connectivity index (χ3n) is 3.18. The molecule has 0 spiro atoms. The summed E-state index contributed by atoms with van der Waals surface area (Å²) >= 11 is 0. The minimum absolute atomic E-state index is 0.00564. The lowest BCUT2D eigenvalue weighted by Gasteiger charge is -2.09. The first-order valence-electron chi connectivity index (χ1n) is 7.58. The first kappa shape index (κ1) is 17.3. The molecule has 2 rings (SSSR count). The number of ether oxygens (including phenoxy) is 2. The van der Waals surface area contributed by atoms with Gasteiger partial charge in [-0.2, -0.15) is 5.10 Å². The topological polar surface area (TPSA) is 80.2 Å². The second-order valence-electron chi connectivity index (χ2n) is 4.98. The number of para-hydroxylation sites is 1. The molecule has 2 N–H and O–H groups in total. The quantitative estimate of drug-likeness (QED) is 0.605. The van der Waals surface area contributed by atoms with Crippen LogP contribution in [0.25, 0.3) is 0 Å². The van der Waals surface area contributed by atoms with Gasteiger partial charge in [-0.1, -0.05) is 19.1 Å². The average molecular weight is 328 g/mol. The number of hydrazone groups is 1. The van der Waals surface area contributed by atoms with Crippen LogP contribution in [0, 0.1) is 0 Å². The van der Waals surface area contributed by atoms with E-state index in [1.54, 1.807) is 30.3 Å². The third-order valence-corrected chi connectivity index (χ3v) is 3.18. The number of nitrogens with zero attached hydrogens (tertiary/aromatic N) is 1. The Kier molecular flexibility index (Phi) is 6.19. The number of benzene rings is 2. The lowest BCUT2D eigenvalue weighted by atomic mass is 10.2. The first-order chi connectivity index (χ1) is 11.7. The molecule has 2 aromatic carbocycles. The van der Waals surface area contributed by atoms with E-state index in [-0.39, 0.29) is 11.7 Å². The smallest absolute Gasteiger partial charge is 0.275 e. The molecule has 0 fully saturated rings. The van der Waals surface area contributed by atoms with Crippen molar-refractivity contribution in [2.45, 2.75) is 13.3 Å². The van der Waals surface area contributed by atoms with Gasteiger partial charge in [0.2, 0.25) is 0 Å². The summed E-state index contributed by atoms with van der Waals surface area (Å²) in [5.41, 5.74) is 3.50. The summed E-state index contributed by atoms with van der Waals surface area (Å²) in [4.78, 5) is 12.2. The number of carbonyl (C=O) groups is 1. The lowest BCUT2D eigenvalue weighted by Crippen LogP contribution is -2.18. The third kappa shape index (κ3) is 4.49. The van der Waals surface area contributed by atoms with E-state index in [9.17, 15) is 9.90 Å². The van der Waals surface area contributed by atoms with Crippen LogP contribution in [0.3, 0.4) is 0 Å². The Hall–Kier alpha value is -3.02. The fraction of sp³-hybridized carbons (Fsp3) is 0.222. The van der Waals surface area contributed by atoms with Crippen molar-refractivity contribution in [3.05, 3.63) is 53.6 Å². The highest BCUT2D eigenvalue weighted by molar-refractivity contribution is 5.97. The molecule has 0 saturated heterocycles. The van der Waals surface area contributed by atoms with E-state index in [4.69, 9.17) is 9.47 Å². The fourth-order valence-electron chi connectivity index (χ4n) is 2.01. The van der Waals surface area contributed by atoms with Crippen LogP contribution in [-0.4, -0.2) is 30.9 Å². The van der Waals surface area contributed by atoms with Crippen LogP contribution in [0.1, 0.15) is 29.3 Å². The molecule has 24 heavy (non-hydrogen) atoms. The van der Waals surface area contributed by atoms with Crippen molar-refractivity contribution in [1.82, 2.24) is 5.43 Å². The zero-order valence-electron chi connectivity index (χ0n) is 13.7. The molecule has 0 bridgehead atoms. The SMILES string of the molecule is CCCOc1ccccc1C(=O)N/N=C/c1ccc(OC)c(O)c1. The van der Waals surface area contributed by atoms with Crippen molar-refractivity contribution < 1.29 is 19.4 Å². The van der Waals surface area contributed by atoms with Gasteiger partial charge in [-0.3, -0.25) is 4.79 Å². The zero-order valence-corrected chi connectivity index (χ0v) is 13.7. The summed E-state index contributed by atoms with van der Waals surface area (Å²) in [7, 11) is 1.47. The lowest BCUT2D eigenvalue weighted by molar-refractivity contribution is 0.0951. The van der Waals surface area contributed by atoms with Gasteiger partial charge in [0.25, 0.3) is 5.91 Å². The molecule has 6 heteroatoms. The normalized spacial score (nSPS) is 10.6. The van der Waals surface area contributed by atoms with Gasteiger partial charge in [0.05, 0.1) is 25.5 Å². The Morgan fingerprint density at radius 2 is 2.04 bits per heavy atom. The van der Waals surface area contributed by atoms with Gasteiger partial charge in [0.15, 0.2) is 11.5 Å². The van der Waals surface area contributed by atoms with Gasteiger partial charge in [0.1, 0.15) is 5.75 Å². The number of nitrogens with one attached hydrogen (secondary N) is 1. The number of hydrogen-bond donors (Lipinski definition) is 2. The number of carbonyl (C=O) groups excluding carboxylic acids is 1. The van der Waals surface area contributed by atoms with Crippen molar-refractivity contribution in [1.29, 1.82) is 0 Å². The van der Waals surface area contributed by atoms with Gasteiger partial charge in [0, 0.05) is 0 Å². The minimum Gasteiger partial charge on any atom is -0.504 e. The molecule has 0 aliphatic rings. The molecule has 1 amide bonds. The van der Waals surface area contributed by atoms with Crippen molar-refractivity contribution >= 4 is 12.1 Å². The molecular formula is C18H20N2O4.